The van der Waals surface area contributed by atoms with Gasteiger partial charge in [0.1, 0.15) is 6.54 Å². The minimum Gasteiger partial charge on any atom is -0.480 e. The van der Waals surface area contributed by atoms with E-state index in [1.807, 2.05) is 18.7 Å². The number of carboxylic acids is 1. The molecule has 0 saturated carbocycles. The van der Waals surface area contributed by atoms with Gasteiger partial charge in [-0.25, -0.2) is 4.79 Å². The van der Waals surface area contributed by atoms with Gasteiger partial charge in [0.05, 0.1) is 0 Å². The van der Waals surface area contributed by atoms with Gasteiger partial charge in [0.25, 0.3) is 0 Å². The number of urea groups is 1. The molecule has 1 aliphatic heterocycles. The third-order valence-electron chi connectivity index (χ3n) is 3.99. The minimum atomic E-state index is -0.953. The number of hydrogen-bond donors (Lipinski definition) is 1. The summed E-state index contributed by atoms with van der Waals surface area (Å²) in [5, 5.41) is 8.94. The molecule has 1 rings (SSSR count). The molecule has 0 aromatic rings. The van der Waals surface area contributed by atoms with E-state index in [1.54, 1.807) is 0 Å². The predicted molar refractivity (Wildman–Crippen MR) is 78.7 cm³/mol. The fourth-order valence-corrected chi connectivity index (χ4v) is 2.85. The summed E-state index contributed by atoms with van der Waals surface area (Å²) in [6.45, 7) is 7.21. The van der Waals surface area contributed by atoms with Gasteiger partial charge in [0.15, 0.2) is 0 Å². The van der Waals surface area contributed by atoms with Gasteiger partial charge < -0.3 is 14.9 Å². The molecule has 0 aliphatic carbocycles. The highest BCUT2D eigenvalue weighted by molar-refractivity contribution is 5.80. The number of hydrogen-bond acceptors (Lipinski definition) is 2. The highest BCUT2D eigenvalue weighted by Crippen LogP contribution is 2.22. The van der Waals surface area contributed by atoms with E-state index in [1.165, 1.54) is 24.2 Å². The zero-order valence-corrected chi connectivity index (χ0v) is 13.0. The van der Waals surface area contributed by atoms with Crippen LogP contribution in [0.2, 0.25) is 0 Å². The Hall–Kier alpha value is -1.26. The summed E-state index contributed by atoms with van der Waals surface area (Å²) in [5.74, 6) is -0.240. The Bertz CT molecular complexity index is 331. The van der Waals surface area contributed by atoms with E-state index >= 15 is 0 Å². The molecule has 0 bridgehead atoms. The van der Waals surface area contributed by atoms with E-state index in [-0.39, 0.29) is 18.6 Å². The molecule has 1 fully saturated rings. The second-order valence-electron chi connectivity index (χ2n) is 5.97. The number of carbonyl (C=O) groups excluding carboxylic acids is 1. The Kier molecular flexibility index (Phi) is 6.82. The topological polar surface area (TPSA) is 60.9 Å². The molecule has 1 unspecified atom stereocenters. The Morgan fingerprint density at radius 1 is 1.30 bits per heavy atom. The smallest absolute Gasteiger partial charge is 0.323 e. The second kappa shape index (κ2) is 8.12. The molecule has 0 aromatic heterocycles. The third-order valence-corrected chi connectivity index (χ3v) is 3.99. The van der Waals surface area contributed by atoms with Crippen LogP contribution in [0.3, 0.4) is 0 Å². The van der Waals surface area contributed by atoms with Crippen LogP contribution in [0.15, 0.2) is 0 Å². The molecule has 20 heavy (non-hydrogen) atoms. The second-order valence-corrected chi connectivity index (χ2v) is 5.97. The Labute approximate surface area is 121 Å². The molecule has 1 aliphatic rings. The Balaban J connectivity index is 2.62. The maximum Gasteiger partial charge on any atom is 0.323 e. The lowest BCUT2D eigenvalue weighted by atomic mass is 9.96. The average Bonchev–Trinajstić information content (AvgIpc) is 2.61. The summed E-state index contributed by atoms with van der Waals surface area (Å²) in [4.78, 5) is 26.7. The lowest BCUT2D eigenvalue weighted by Crippen LogP contribution is -2.48. The maximum atomic E-state index is 12.5. The molecule has 1 atom stereocenters. The molecule has 1 N–H and O–H groups in total. The van der Waals surface area contributed by atoms with E-state index in [9.17, 15) is 9.59 Å². The van der Waals surface area contributed by atoms with Crippen LogP contribution >= 0.6 is 0 Å². The number of rotatable bonds is 5. The molecule has 5 nitrogen and oxygen atoms in total. The third kappa shape index (κ3) is 5.02. The van der Waals surface area contributed by atoms with Crippen molar-refractivity contribution in [3.8, 4) is 0 Å². The number of aliphatic carboxylic acids is 1. The monoisotopic (exact) mass is 284 g/mol. The average molecular weight is 284 g/mol. The standard InChI is InChI=1S/C15H28N2O3/c1-4-6-13-7-5-9-16(10-8-13)15(20)17(12(2)3)11-14(18)19/h12-13H,4-11H2,1-3H3,(H,18,19). The van der Waals surface area contributed by atoms with Crippen LogP contribution in [0.4, 0.5) is 4.79 Å². The highest BCUT2D eigenvalue weighted by Gasteiger charge is 2.27. The largest absolute Gasteiger partial charge is 0.480 e. The zero-order chi connectivity index (χ0) is 15.1. The molecule has 2 amide bonds. The number of carboxylic acid groups (broad SMARTS) is 1. The van der Waals surface area contributed by atoms with Gasteiger partial charge in [0, 0.05) is 19.1 Å². The molecule has 0 radical (unpaired) electrons. The Morgan fingerprint density at radius 2 is 2.00 bits per heavy atom. The molecular formula is C15H28N2O3. The Morgan fingerprint density at radius 3 is 2.55 bits per heavy atom. The number of amides is 2. The van der Waals surface area contributed by atoms with Crippen LogP contribution in [0.1, 0.15) is 52.9 Å². The fraction of sp³-hybridized carbons (Fsp3) is 0.867. The van der Waals surface area contributed by atoms with Crippen molar-refractivity contribution in [2.75, 3.05) is 19.6 Å². The van der Waals surface area contributed by atoms with Crippen molar-refractivity contribution < 1.29 is 14.7 Å². The van der Waals surface area contributed by atoms with E-state index < -0.39 is 5.97 Å². The summed E-state index contributed by atoms with van der Waals surface area (Å²) in [6.07, 6.45) is 5.66. The first kappa shape index (κ1) is 16.8. The van der Waals surface area contributed by atoms with Gasteiger partial charge >= 0.3 is 12.0 Å². The van der Waals surface area contributed by atoms with Crippen molar-refractivity contribution in [3.63, 3.8) is 0 Å². The van der Waals surface area contributed by atoms with E-state index in [0.29, 0.717) is 5.92 Å². The van der Waals surface area contributed by atoms with Crippen LogP contribution in [0.25, 0.3) is 0 Å². The van der Waals surface area contributed by atoms with Crippen LogP contribution in [0.5, 0.6) is 0 Å². The number of carbonyl (C=O) groups is 2. The van der Waals surface area contributed by atoms with Crippen LogP contribution in [-0.2, 0) is 4.79 Å². The van der Waals surface area contributed by atoms with Crippen molar-refractivity contribution >= 4 is 12.0 Å². The lowest BCUT2D eigenvalue weighted by Gasteiger charge is -2.31. The molecule has 5 heteroatoms. The minimum absolute atomic E-state index is 0.0895. The van der Waals surface area contributed by atoms with Gasteiger partial charge in [-0.2, -0.15) is 0 Å². The van der Waals surface area contributed by atoms with E-state index in [4.69, 9.17) is 5.11 Å². The molecular weight excluding hydrogens is 256 g/mol. The number of likely N-dealkylation sites (tertiary alicyclic amines) is 1. The van der Waals surface area contributed by atoms with Crippen molar-refractivity contribution in [2.24, 2.45) is 5.92 Å². The van der Waals surface area contributed by atoms with Gasteiger partial charge in [-0.15, -0.1) is 0 Å². The molecule has 0 aromatic carbocycles. The van der Waals surface area contributed by atoms with Crippen molar-refractivity contribution in [1.82, 2.24) is 9.80 Å². The van der Waals surface area contributed by atoms with Crippen LogP contribution in [0, 0.1) is 5.92 Å². The van der Waals surface area contributed by atoms with Gasteiger partial charge in [-0.05, 0) is 39.0 Å². The summed E-state index contributed by atoms with van der Waals surface area (Å²) < 4.78 is 0. The van der Waals surface area contributed by atoms with Crippen molar-refractivity contribution in [1.29, 1.82) is 0 Å². The van der Waals surface area contributed by atoms with Crippen LogP contribution in [-0.4, -0.2) is 52.6 Å². The van der Waals surface area contributed by atoms with Crippen molar-refractivity contribution in [3.05, 3.63) is 0 Å². The SMILES string of the molecule is CCCC1CCCN(C(=O)N(CC(=O)O)C(C)C)CC1. The summed E-state index contributed by atoms with van der Waals surface area (Å²) >= 11 is 0. The maximum absolute atomic E-state index is 12.5. The van der Waals surface area contributed by atoms with Crippen molar-refractivity contribution in [2.45, 2.75) is 58.9 Å². The predicted octanol–water partition coefficient (Wildman–Crippen LogP) is 2.80. The van der Waals surface area contributed by atoms with Gasteiger partial charge in [-0.1, -0.05) is 19.8 Å². The molecule has 116 valence electrons. The normalized spacial score (nSPS) is 19.8. The molecule has 0 spiro atoms. The van der Waals surface area contributed by atoms with E-state index in [2.05, 4.69) is 6.92 Å². The fourth-order valence-electron chi connectivity index (χ4n) is 2.85. The highest BCUT2D eigenvalue weighted by atomic mass is 16.4. The summed E-state index contributed by atoms with van der Waals surface area (Å²) in [7, 11) is 0. The van der Waals surface area contributed by atoms with Gasteiger partial charge in [-0.3, -0.25) is 4.79 Å². The first-order valence-electron chi connectivity index (χ1n) is 7.73. The number of nitrogens with zero attached hydrogens (tertiary/aromatic N) is 2. The first-order chi connectivity index (χ1) is 9.45. The summed E-state index contributed by atoms with van der Waals surface area (Å²) in [5.41, 5.74) is 0. The molecule has 1 heterocycles. The zero-order valence-electron chi connectivity index (χ0n) is 13.0. The van der Waals surface area contributed by atoms with Gasteiger partial charge in [0.2, 0.25) is 0 Å². The molecule has 1 saturated heterocycles. The lowest BCUT2D eigenvalue weighted by molar-refractivity contribution is -0.138. The first-order valence-corrected chi connectivity index (χ1v) is 7.73. The summed E-state index contributed by atoms with van der Waals surface area (Å²) in [6, 6.07) is -0.215. The quantitative estimate of drug-likeness (QED) is 0.844. The van der Waals surface area contributed by atoms with E-state index in [0.717, 1.165) is 25.9 Å². The van der Waals surface area contributed by atoms with Crippen LogP contribution < -0.4 is 0 Å².